The van der Waals surface area contributed by atoms with E-state index in [0.717, 1.165) is 0 Å². The highest BCUT2D eigenvalue weighted by molar-refractivity contribution is 6.36. The summed E-state index contributed by atoms with van der Waals surface area (Å²) in [5.74, 6) is -0.808. The first-order valence-electron chi connectivity index (χ1n) is 6.58. The van der Waals surface area contributed by atoms with Crippen molar-refractivity contribution in [2.45, 2.75) is 25.7 Å². The summed E-state index contributed by atoms with van der Waals surface area (Å²) in [6.45, 7) is 3.11. The van der Waals surface area contributed by atoms with E-state index in [1.165, 1.54) is 6.07 Å². The summed E-state index contributed by atoms with van der Waals surface area (Å²) in [5.41, 5.74) is 4.58. The zero-order valence-electron chi connectivity index (χ0n) is 12.4. The summed E-state index contributed by atoms with van der Waals surface area (Å²) in [7, 11) is 0. The molecule has 0 saturated carbocycles. The highest BCUT2D eigenvalue weighted by atomic mass is 35.5. The van der Waals surface area contributed by atoms with Gasteiger partial charge in [0.15, 0.2) is 5.82 Å². The number of amides is 2. The Bertz CT molecular complexity index is 758. The molecule has 0 aliphatic heterocycles. The lowest BCUT2D eigenvalue weighted by Gasteiger charge is -2.13. The molecule has 2 aromatic rings. The van der Waals surface area contributed by atoms with Gasteiger partial charge in [0.1, 0.15) is 5.41 Å². The number of nitrogens with zero attached hydrogens (tertiary/aromatic N) is 2. The Morgan fingerprint density at radius 3 is 2.65 bits per heavy atom. The molecule has 0 aliphatic carbocycles. The van der Waals surface area contributed by atoms with Crippen molar-refractivity contribution in [1.82, 2.24) is 10.1 Å². The predicted octanol–water partition coefficient (Wildman–Crippen LogP) is 2.32. The molecule has 3 N–H and O–H groups in total. The van der Waals surface area contributed by atoms with E-state index in [2.05, 4.69) is 15.5 Å². The van der Waals surface area contributed by atoms with Gasteiger partial charge < -0.3 is 15.6 Å². The minimum absolute atomic E-state index is 0.0531. The van der Waals surface area contributed by atoms with Crippen LogP contribution in [0.5, 0.6) is 0 Å². The molecule has 1 aromatic heterocycles. The Hall–Kier alpha value is -2.12. The Morgan fingerprint density at radius 1 is 1.35 bits per heavy atom. The topological polar surface area (TPSA) is 111 Å². The molecule has 122 valence electrons. The third kappa shape index (κ3) is 4.00. The van der Waals surface area contributed by atoms with E-state index in [1.807, 2.05) is 0 Å². The van der Waals surface area contributed by atoms with Crippen molar-refractivity contribution in [2.75, 3.05) is 5.32 Å². The Kier molecular flexibility index (Phi) is 4.91. The maximum absolute atomic E-state index is 12.0. The fourth-order valence-electron chi connectivity index (χ4n) is 1.61. The van der Waals surface area contributed by atoms with Gasteiger partial charge in [0.05, 0.1) is 17.1 Å². The van der Waals surface area contributed by atoms with Crippen molar-refractivity contribution >= 4 is 40.7 Å². The monoisotopic (exact) mass is 356 g/mol. The largest absolute Gasteiger partial charge is 0.369 e. The molecular formula is C14H14Cl2N4O3. The molecular weight excluding hydrogens is 343 g/mol. The number of nitrogens with one attached hydrogen (secondary N) is 1. The van der Waals surface area contributed by atoms with Gasteiger partial charge in [-0.2, -0.15) is 4.98 Å². The second-order valence-electron chi connectivity index (χ2n) is 5.35. The number of carbonyl (C=O) groups excluding carboxylic acids is 2. The van der Waals surface area contributed by atoms with Gasteiger partial charge in [-0.3, -0.25) is 9.59 Å². The van der Waals surface area contributed by atoms with Crippen molar-refractivity contribution in [2.24, 2.45) is 5.73 Å². The summed E-state index contributed by atoms with van der Waals surface area (Å²) in [5, 5.41) is 7.06. The fourth-order valence-corrected chi connectivity index (χ4v) is 2.07. The number of benzene rings is 1. The van der Waals surface area contributed by atoms with E-state index in [-0.39, 0.29) is 18.1 Å². The lowest BCUT2D eigenvalue weighted by Crippen LogP contribution is -2.35. The number of primary amides is 1. The van der Waals surface area contributed by atoms with Crippen molar-refractivity contribution in [3.05, 3.63) is 40.0 Å². The van der Waals surface area contributed by atoms with Crippen LogP contribution in [0.15, 0.2) is 22.7 Å². The van der Waals surface area contributed by atoms with Crippen LogP contribution in [0.25, 0.3) is 0 Å². The average Bonchev–Trinajstić information content (AvgIpc) is 2.91. The van der Waals surface area contributed by atoms with E-state index >= 15 is 0 Å². The molecule has 9 heteroatoms. The summed E-state index contributed by atoms with van der Waals surface area (Å²) >= 11 is 11.8. The average molecular weight is 357 g/mol. The molecule has 2 rings (SSSR count). The van der Waals surface area contributed by atoms with Crippen molar-refractivity contribution in [3.8, 4) is 0 Å². The minimum atomic E-state index is -1.11. The first kappa shape index (κ1) is 17.2. The molecule has 23 heavy (non-hydrogen) atoms. The second-order valence-corrected chi connectivity index (χ2v) is 6.20. The number of anilines is 1. The van der Waals surface area contributed by atoms with Gasteiger partial charge in [0.2, 0.25) is 17.7 Å². The second kappa shape index (κ2) is 6.55. The lowest BCUT2D eigenvalue weighted by molar-refractivity contribution is -0.123. The van der Waals surface area contributed by atoms with Crippen LogP contribution in [-0.4, -0.2) is 22.0 Å². The molecule has 0 bridgehead atoms. The van der Waals surface area contributed by atoms with Crippen LogP contribution in [0.4, 0.5) is 5.69 Å². The van der Waals surface area contributed by atoms with Crippen LogP contribution in [-0.2, 0) is 21.4 Å². The SMILES string of the molecule is CC(C)(C(N)=O)c1nc(CC(=O)Nc2ccc(Cl)cc2Cl)no1. The summed E-state index contributed by atoms with van der Waals surface area (Å²) in [4.78, 5) is 27.4. The van der Waals surface area contributed by atoms with Gasteiger partial charge in [0, 0.05) is 5.02 Å². The first-order chi connectivity index (χ1) is 10.7. The standard InChI is InChI=1S/C14H14Cl2N4O3/c1-14(2,12(17)22)13-19-10(20-23-13)6-11(21)18-9-4-3-7(15)5-8(9)16/h3-5H,6H2,1-2H3,(H2,17,22)(H,18,21). The van der Waals surface area contributed by atoms with E-state index in [4.69, 9.17) is 33.5 Å². The van der Waals surface area contributed by atoms with Crippen LogP contribution in [0.3, 0.4) is 0 Å². The molecule has 7 nitrogen and oxygen atoms in total. The molecule has 0 unspecified atom stereocenters. The smallest absolute Gasteiger partial charge is 0.241 e. The Balaban J connectivity index is 2.07. The molecule has 0 saturated heterocycles. The quantitative estimate of drug-likeness (QED) is 0.853. The van der Waals surface area contributed by atoms with Gasteiger partial charge in [-0.1, -0.05) is 28.4 Å². The number of rotatable bonds is 5. The molecule has 1 heterocycles. The zero-order valence-corrected chi connectivity index (χ0v) is 13.9. The number of hydrogen-bond acceptors (Lipinski definition) is 5. The summed E-state index contributed by atoms with van der Waals surface area (Å²) in [6, 6.07) is 4.70. The number of halogens is 2. The molecule has 0 aliphatic rings. The van der Waals surface area contributed by atoms with Gasteiger partial charge in [-0.15, -0.1) is 0 Å². The van der Waals surface area contributed by atoms with E-state index < -0.39 is 17.2 Å². The summed E-state index contributed by atoms with van der Waals surface area (Å²) in [6.07, 6.45) is -0.142. The molecule has 2 amide bonds. The van der Waals surface area contributed by atoms with Gasteiger partial charge in [0.25, 0.3) is 0 Å². The maximum Gasteiger partial charge on any atom is 0.241 e. The number of nitrogens with two attached hydrogens (primary N) is 1. The Labute approximate surface area is 142 Å². The number of aromatic nitrogens is 2. The molecule has 0 atom stereocenters. The molecule has 0 spiro atoms. The third-order valence-electron chi connectivity index (χ3n) is 3.14. The van der Waals surface area contributed by atoms with Crippen LogP contribution < -0.4 is 11.1 Å². The van der Waals surface area contributed by atoms with Crippen LogP contribution in [0.1, 0.15) is 25.6 Å². The van der Waals surface area contributed by atoms with E-state index in [1.54, 1.807) is 26.0 Å². The minimum Gasteiger partial charge on any atom is -0.369 e. The van der Waals surface area contributed by atoms with Crippen molar-refractivity contribution in [3.63, 3.8) is 0 Å². The van der Waals surface area contributed by atoms with Crippen LogP contribution in [0, 0.1) is 0 Å². The Morgan fingerprint density at radius 2 is 2.04 bits per heavy atom. The highest BCUT2D eigenvalue weighted by Gasteiger charge is 2.34. The van der Waals surface area contributed by atoms with Gasteiger partial charge >= 0.3 is 0 Å². The zero-order chi connectivity index (χ0) is 17.2. The predicted molar refractivity (Wildman–Crippen MR) is 85.3 cm³/mol. The number of hydrogen-bond donors (Lipinski definition) is 2. The highest BCUT2D eigenvalue weighted by Crippen LogP contribution is 2.25. The maximum atomic E-state index is 12.0. The molecule has 1 aromatic carbocycles. The van der Waals surface area contributed by atoms with Crippen LogP contribution >= 0.6 is 23.2 Å². The fraction of sp³-hybridized carbons (Fsp3) is 0.286. The number of carbonyl (C=O) groups is 2. The van der Waals surface area contributed by atoms with Gasteiger partial charge in [-0.25, -0.2) is 0 Å². The summed E-state index contributed by atoms with van der Waals surface area (Å²) < 4.78 is 5.00. The van der Waals surface area contributed by atoms with E-state index in [0.29, 0.717) is 15.7 Å². The van der Waals surface area contributed by atoms with Crippen LogP contribution in [0.2, 0.25) is 10.0 Å². The van der Waals surface area contributed by atoms with Crippen molar-refractivity contribution in [1.29, 1.82) is 0 Å². The third-order valence-corrected chi connectivity index (χ3v) is 3.69. The molecule has 0 radical (unpaired) electrons. The normalized spacial score (nSPS) is 11.3. The lowest BCUT2D eigenvalue weighted by atomic mass is 9.93. The van der Waals surface area contributed by atoms with Gasteiger partial charge in [-0.05, 0) is 32.0 Å². The first-order valence-corrected chi connectivity index (χ1v) is 7.33. The molecule has 0 fully saturated rings. The van der Waals surface area contributed by atoms with E-state index in [9.17, 15) is 9.59 Å². The van der Waals surface area contributed by atoms with Crippen molar-refractivity contribution < 1.29 is 14.1 Å².